The average molecular weight is 170 g/mol. The Morgan fingerprint density at radius 2 is 1.91 bits per heavy atom. The molecule has 1 saturated heterocycles. The molecule has 2 nitrogen and oxygen atoms in total. The van der Waals surface area contributed by atoms with Crippen LogP contribution in [0.15, 0.2) is 23.8 Å². The maximum atomic E-state index is 3.22. The molecule has 0 saturated carbocycles. The summed E-state index contributed by atoms with van der Waals surface area (Å²) < 4.78 is 2.93. The third-order valence-corrected chi connectivity index (χ3v) is 2.01. The van der Waals surface area contributed by atoms with Crippen molar-refractivity contribution in [1.29, 1.82) is 0 Å². The molecule has 2 aliphatic rings. The second kappa shape index (κ2) is 6.31. The van der Waals surface area contributed by atoms with Gasteiger partial charge in [-0.25, -0.2) is 0 Å². The molecule has 0 aromatic heterocycles. The minimum Gasteiger partial charge on any atom is -0.333 e. The largest absolute Gasteiger partial charge is 0.333 e. The van der Waals surface area contributed by atoms with Gasteiger partial charge in [0.2, 0.25) is 0 Å². The van der Waals surface area contributed by atoms with Crippen molar-refractivity contribution in [3.8, 4) is 0 Å². The van der Waals surface area contributed by atoms with Gasteiger partial charge in [-0.2, -0.15) is 0 Å². The lowest BCUT2D eigenvalue weighted by Gasteiger charge is -1.93. The Morgan fingerprint density at radius 1 is 1.09 bits per heavy atom. The van der Waals surface area contributed by atoms with Gasteiger partial charge in [0.1, 0.15) is 0 Å². The lowest BCUT2D eigenvalue weighted by Crippen LogP contribution is -2.03. The molecule has 2 N–H and O–H groups in total. The molecule has 11 heavy (non-hydrogen) atoms. The molecule has 2 rings (SSSR count). The van der Waals surface area contributed by atoms with Gasteiger partial charge in [0.15, 0.2) is 0 Å². The van der Waals surface area contributed by atoms with Crippen LogP contribution in [0, 0.1) is 0 Å². The van der Waals surface area contributed by atoms with Crippen LogP contribution >= 0.6 is 11.9 Å². The molecule has 3 heteroatoms. The molecule has 0 unspecified atom stereocenters. The van der Waals surface area contributed by atoms with Crippen LogP contribution in [-0.4, -0.2) is 13.1 Å². The van der Waals surface area contributed by atoms with E-state index in [1.165, 1.54) is 25.9 Å². The molecular weight excluding hydrogens is 156 g/mol. The molecule has 2 aliphatic heterocycles. The lowest BCUT2D eigenvalue weighted by atomic mass is 10.4. The smallest absolute Gasteiger partial charge is 0.00756 e. The Balaban J connectivity index is 0.000000112. The van der Waals surface area contributed by atoms with E-state index in [2.05, 4.69) is 10.0 Å². The highest BCUT2D eigenvalue weighted by Gasteiger charge is 1.93. The number of hydrogen-bond donors (Lipinski definition) is 2. The van der Waals surface area contributed by atoms with Gasteiger partial charge in [-0.05, 0) is 49.4 Å². The summed E-state index contributed by atoms with van der Waals surface area (Å²) in [6.07, 6.45) is 8.61. The Labute approximate surface area is 72.3 Å². The fourth-order valence-corrected chi connectivity index (χ4v) is 1.29. The van der Waals surface area contributed by atoms with Crippen molar-refractivity contribution in [3.05, 3.63) is 23.8 Å². The van der Waals surface area contributed by atoms with Gasteiger partial charge in [0.05, 0.1) is 0 Å². The summed E-state index contributed by atoms with van der Waals surface area (Å²) in [5.41, 5.74) is 0. The van der Waals surface area contributed by atoms with Gasteiger partial charge in [0.25, 0.3) is 0 Å². The Morgan fingerprint density at radius 3 is 2.09 bits per heavy atom. The van der Waals surface area contributed by atoms with Crippen molar-refractivity contribution < 1.29 is 0 Å². The van der Waals surface area contributed by atoms with Crippen LogP contribution in [0.1, 0.15) is 12.8 Å². The molecule has 2 heterocycles. The van der Waals surface area contributed by atoms with Crippen LogP contribution in [0.25, 0.3) is 0 Å². The standard InChI is InChI=1S/C4H5NS.C4H9N/c1-2-4-6-5-3-1;1-2-4-5-3-1/h1-5H;5H,1-4H2. The summed E-state index contributed by atoms with van der Waals surface area (Å²) in [6.45, 7) is 2.50. The highest BCUT2D eigenvalue weighted by atomic mass is 32.2. The van der Waals surface area contributed by atoms with E-state index in [0.29, 0.717) is 0 Å². The first-order valence-corrected chi connectivity index (χ1v) is 4.82. The number of nitrogens with one attached hydrogen (secondary N) is 2. The van der Waals surface area contributed by atoms with E-state index in [4.69, 9.17) is 0 Å². The SMILES string of the molecule is C1=CNSC=C1.C1CCNC1. The van der Waals surface area contributed by atoms with Crippen molar-refractivity contribution in [2.24, 2.45) is 0 Å². The highest BCUT2D eigenvalue weighted by molar-refractivity contribution is 8.00. The van der Waals surface area contributed by atoms with Gasteiger partial charge in [0, 0.05) is 6.20 Å². The maximum Gasteiger partial charge on any atom is 0.00756 e. The Hall–Kier alpha value is -0.410. The first-order valence-electron chi connectivity index (χ1n) is 3.94. The van der Waals surface area contributed by atoms with Gasteiger partial charge in [-0.1, -0.05) is 6.08 Å². The molecular formula is C8H14N2S. The van der Waals surface area contributed by atoms with Crippen molar-refractivity contribution in [1.82, 2.24) is 10.0 Å². The predicted molar refractivity (Wildman–Crippen MR) is 51.1 cm³/mol. The summed E-state index contributed by atoms with van der Waals surface area (Å²) in [7, 11) is 0. The van der Waals surface area contributed by atoms with Gasteiger partial charge in [-0.3, -0.25) is 0 Å². The van der Waals surface area contributed by atoms with Crippen LogP contribution in [-0.2, 0) is 0 Å². The Bertz CT molecular complexity index is 119. The Kier molecular flexibility index (Phi) is 4.98. The van der Waals surface area contributed by atoms with E-state index in [1.807, 2.05) is 23.8 Å². The molecule has 0 aromatic carbocycles. The topological polar surface area (TPSA) is 24.1 Å². The molecule has 62 valence electrons. The van der Waals surface area contributed by atoms with E-state index in [9.17, 15) is 0 Å². The molecule has 0 aliphatic carbocycles. The summed E-state index contributed by atoms with van der Waals surface area (Å²) in [5.74, 6) is 0. The van der Waals surface area contributed by atoms with Crippen molar-refractivity contribution in [2.75, 3.05) is 13.1 Å². The molecule has 0 atom stereocenters. The van der Waals surface area contributed by atoms with Gasteiger partial charge >= 0.3 is 0 Å². The van der Waals surface area contributed by atoms with E-state index in [1.54, 1.807) is 11.9 Å². The van der Waals surface area contributed by atoms with Crippen molar-refractivity contribution in [3.63, 3.8) is 0 Å². The maximum absolute atomic E-state index is 3.22. The van der Waals surface area contributed by atoms with Crippen LogP contribution < -0.4 is 10.0 Å². The van der Waals surface area contributed by atoms with E-state index in [0.717, 1.165) is 0 Å². The van der Waals surface area contributed by atoms with Crippen LogP contribution in [0.4, 0.5) is 0 Å². The second-order valence-electron chi connectivity index (χ2n) is 2.38. The molecule has 0 amide bonds. The van der Waals surface area contributed by atoms with Crippen molar-refractivity contribution >= 4 is 11.9 Å². The summed E-state index contributed by atoms with van der Waals surface area (Å²) in [4.78, 5) is 0. The number of allylic oxidation sites excluding steroid dienone is 2. The van der Waals surface area contributed by atoms with Crippen LogP contribution in [0.3, 0.4) is 0 Å². The minimum absolute atomic E-state index is 1.25. The lowest BCUT2D eigenvalue weighted by molar-refractivity contribution is 0.857. The zero-order valence-electron chi connectivity index (χ0n) is 6.55. The first kappa shape index (κ1) is 8.68. The van der Waals surface area contributed by atoms with Gasteiger partial charge < -0.3 is 10.0 Å². The zero-order valence-corrected chi connectivity index (χ0v) is 7.36. The predicted octanol–water partition coefficient (Wildman–Crippen LogP) is 1.63. The molecule has 1 fully saturated rings. The quantitative estimate of drug-likeness (QED) is 0.540. The van der Waals surface area contributed by atoms with E-state index in [-0.39, 0.29) is 0 Å². The van der Waals surface area contributed by atoms with Gasteiger partial charge in [-0.15, -0.1) is 0 Å². The van der Waals surface area contributed by atoms with E-state index >= 15 is 0 Å². The summed E-state index contributed by atoms with van der Waals surface area (Å²) in [5, 5.41) is 5.21. The summed E-state index contributed by atoms with van der Waals surface area (Å²) >= 11 is 1.58. The number of hydrogen-bond acceptors (Lipinski definition) is 3. The minimum atomic E-state index is 1.25. The fourth-order valence-electron chi connectivity index (χ4n) is 0.883. The fraction of sp³-hybridized carbons (Fsp3) is 0.500. The van der Waals surface area contributed by atoms with E-state index < -0.39 is 0 Å². The van der Waals surface area contributed by atoms with Crippen LogP contribution in [0.5, 0.6) is 0 Å². The first-order chi connectivity index (χ1) is 5.50. The van der Waals surface area contributed by atoms with Crippen LogP contribution in [0.2, 0.25) is 0 Å². The highest BCUT2D eigenvalue weighted by Crippen LogP contribution is 1.98. The normalized spacial score (nSPS) is 20.4. The monoisotopic (exact) mass is 170 g/mol. The third-order valence-electron chi connectivity index (χ3n) is 1.45. The molecule has 0 aromatic rings. The molecule has 0 radical (unpaired) electrons. The second-order valence-corrected chi connectivity index (χ2v) is 3.12. The third kappa shape index (κ3) is 4.93. The zero-order chi connectivity index (χ0) is 7.78. The molecule has 0 spiro atoms. The average Bonchev–Trinajstić information content (AvgIpc) is 2.64. The number of rotatable bonds is 0. The summed E-state index contributed by atoms with van der Waals surface area (Å²) in [6, 6.07) is 0. The molecule has 0 bridgehead atoms. The van der Waals surface area contributed by atoms with Crippen molar-refractivity contribution in [2.45, 2.75) is 12.8 Å².